The van der Waals surface area contributed by atoms with E-state index in [2.05, 4.69) is 31.2 Å². The van der Waals surface area contributed by atoms with Gasteiger partial charge in [0.05, 0.1) is 19.4 Å². The summed E-state index contributed by atoms with van der Waals surface area (Å²) in [5.41, 5.74) is 1.84. The number of carbonyl (C=O) groups excluding carboxylic acids is 2. The lowest BCUT2D eigenvalue weighted by Gasteiger charge is -2.35. The summed E-state index contributed by atoms with van der Waals surface area (Å²) in [6.07, 6.45) is 8.91. The van der Waals surface area contributed by atoms with Gasteiger partial charge >= 0.3 is 6.09 Å². The molecule has 0 spiro atoms. The van der Waals surface area contributed by atoms with Crippen molar-refractivity contribution in [3.8, 4) is 11.5 Å². The summed E-state index contributed by atoms with van der Waals surface area (Å²) >= 11 is 0. The Balaban J connectivity index is 1.32. The lowest BCUT2D eigenvalue weighted by atomic mass is 9.76. The summed E-state index contributed by atoms with van der Waals surface area (Å²) in [6, 6.07) is 12.3. The minimum Gasteiger partial charge on any atom is -0.493 e. The molecular formula is C32H43N3O5. The van der Waals surface area contributed by atoms with E-state index in [1.165, 1.54) is 24.3 Å². The first-order valence-electron chi connectivity index (χ1n) is 14.5. The largest absolute Gasteiger partial charge is 0.493 e. The van der Waals surface area contributed by atoms with Crippen molar-refractivity contribution in [3.63, 3.8) is 0 Å². The molecule has 0 saturated heterocycles. The fourth-order valence-electron chi connectivity index (χ4n) is 5.51. The Hall–Kier alpha value is -3.55. The number of nitrogens with one attached hydrogen (secondary N) is 1. The molecule has 0 bridgehead atoms. The maximum atomic E-state index is 12.9. The van der Waals surface area contributed by atoms with Crippen molar-refractivity contribution < 1.29 is 23.8 Å². The van der Waals surface area contributed by atoms with Gasteiger partial charge in [-0.3, -0.25) is 10.1 Å². The maximum absolute atomic E-state index is 12.9. The number of hydrazone groups is 1. The average molecular weight is 550 g/mol. The minimum absolute atomic E-state index is 0.0791. The summed E-state index contributed by atoms with van der Waals surface area (Å²) in [6.45, 7) is 6.60. The van der Waals surface area contributed by atoms with Gasteiger partial charge in [0.2, 0.25) is 0 Å². The van der Waals surface area contributed by atoms with Gasteiger partial charge in [-0.1, -0.05) is 20.8 Å². The number of nitrogens with zero attached hydrogens (tertiary/aromatic N) is 2. The third-order valence-electron chi connectivity index (χ3n) is 8.20. The van der Waals surface area contributed by atoms with E-state index in [1.807, 2.05) is 18.2 Å². The molecule has 2 aromatic rings. The molecule has 0 heterocycles. The Bertz CT molecular complexity index is 1170. The van der Waals surface area contributed by atoms with E-state index in [1.54, 1.807) is 44.6 Å². The number of methoxy groups -OCH3 is 1. The second kappa shape index (κ2) is 13.7. The molecule has 3 unspecified atom stereocenters. The predicted molar refractivity (Wildman–Crippen MR) is 157 cm³/mol. The monoisotopic (exact) mass is 549 g/mol. The fraction of sp³-hybridized carbons (Fsp3) is 0.531. The van der Waals surface area contributed by atoms with Crippen molar-refractivity contribution >= 4 is 23.9 Å². The molecule has 2 aliphatic rings. The Morgan fingerprint density at radius 3 is 2.42 bits per heavy atom. The van der Waals surface area contributed by atoms with Gasteiger partial charge in [-0.05, 0) is 111 Å². The van der Waals surface area contributed by atoms with E-state index in [4.69, 9.17) is 14.2 Å². The molecule has 2 fully saturated rings. The summed E-state index contributed by atoms with van der Waals surface area (Å²) in [4.78, 5) is 25.5. The fourth-order valence-corrected chi connectivity index (χ4v) is 5.51. The molecule has 3 atom stereocenters. The normalized spacial score (nSPS) is 21.4. The van der Waals surface area contributed by atoms with Crippen LogP contribution in [0.25, 0.3) is 0 Å². The molecule has 2 amide bonds. The first-order chi connectivity index (χ1) is 19.2. The molecule has 40 heavy (non-hydrogen) atoms. The van der Waals surface area contributed by atoms with Crippen molar-refractivity contribution in [2.24, 2.45) is 22.9 Å². The van der Waals surface area contributed by atoms with Crippen molar-refractivity contribution in [3.05, 3.63) is 53.6 Å². The third-order valence-corrected chi connectivity index (χ3v) is 8.20. The van der Waals surface area contributed by atoms with Crippen LogP contribution in [0.3, 0.4) is 0 Å². The van der Waals surface area contributed by atoms with E-state index in [0.717, 1.165) is 31.2 Å². The molecule has 4 rings (SSSR count). The van der Waals surface area contributed by atoms with Crippen LogP contribution >= 0.6 is 0 Å². The van der Waals surface area contributed by atoms with Crippen LogP contribution < -0.4 is 14.8 Å². The average Bonchev–Trinajstić information content (AvgIpc) is 3.46. The van der Waals surface area contributed by atoms with Crippen molar-refractivity contribution in [2.45, 2.75) is 77.9 Å². The number of carbonyl (C=O) groups is 2. The zero-order valence-corrected chi connectivity index (χ0v) is 24.4. The third kappa shape index (κ3) is 7.77. The highest BCUT2D eigenvalue weighted by atomic mass is 16.6. The van der Waals surface area contributed by atoms with Gasteiger partial charge in [0.1, 0.15) is 6.10 Å². The molecule has 1 N–H and O–H groups in total. The molecule has 0 radical (unpaired) electrons. The quantitative estimate of drug-likeness (QED) is 0.265. The number of hydrogen-bond acceptors (Lipinski definition) is 6. The standard InChI is InChI=1S/C32H43N3O5/c1-21(2)25-12-10-22(3)29(19-25)40-32(37)34-26-15-13-24(14-16-26)31(36)35(4)33-20-23-11-17-28(38-5)30(18-23)39-27-8-6-7-9-27/h11,13-18,20-22,25,27,29H,6-10,12,19H2,1-5H3,(H,34,37). The van der Waals surface area contributed by atoms with Gasteiger partial charge in [-0.2, -0.15) is 5.10 Å². The second-order valence-electron chi connectivity index (χ2n) is 11.4. The highest BCUT2D eigenvalue weighted by Crippen LogP contribution is 2.35. The number of rotatable bonds is 9. The first kappa shape index (κ1) is 29.4. The minimum atomic E-state index is -0.460. The molecule has 2 aliphatic carbocycles. The van der Waals surface area contributed by atoms with Gasteiger partial charge in [-0.15, -0.1) is 0 Å². The molecule has 8 heteroatoms. The summed E-state index contributed by atoms with van der Waals surface area (Å²) in [7, 11) is 3.23. The number of benzene rings is 2. The molecular weight excluding hydrogens is 506 g/mol. The van der Waals surface area contributed by atoms with Gasteiger partial charge in [0.15, 0.2) is 11.5 Å². The smallest absolute Gasteiger partial charge is 0.411 e. The lowest BCUT2D eigenvalue weighted by Crippen LogP contribution is -2.35. The zero-order valence-electron chi connectivity index (χ0n) is 24.4. The van der Waals surface area contributed by atoms with E-state index in [9.17, 15) is 9.59 Å². The molecule has 2 aromatic carbocycles. The summed E-state index contributed by atoms with van der Waals surface area (Å²) in [5, 5.41) is 8.42. The van der Waals surface area contributed by atoms with Crippen molar-refractivity contribution in [1.82, 2.24) is 5.01 Å². The highest BCUT2D eigenvalue weighted by molar-refractivity contribution is 5.95. The topological polar surface area (TPSA) is 89.5 Å². The van der Waals surface area contributed by atoms with Crippen LogP contribution in [0, 0.1) is 17.8 Å². The Kier molecular flexibility index (Phi) is 10.1. The predicted octanol–water partition coefficient (Wildman–Crippen LogP) is 7.13. The van der Waals surface area contributed by atoms with E-state index in [-0.39, 0.29) is 18.1 Å². The van der Waals surface area contributed by atoms with Crippen LogP contribution in [-0.2, 0) is 4.74 Å². The van der Waals surface area contributed by atoms with E-state index < -0.39 is 6.09 Å². The van der Waals surface area contributed by atoms with Crippen LogP contribution in [-0.4, -0.2) is 49.6 Å². The SMILES string of the molecule is COc1ccc(C=NN(C)C(=O)c2ccc(NC(=O)OC3CC(C(C)C)CCC3C)cc2)cc1OC1CCCC1. The van der Waals surface area contributed by atoms with Crippen LogP contribution in [0.4, 0.5) is 10.5 Å². The highest BCUT2D eigenvalue weighted by Gasteiger charge is 2.32. The Morgan fingerprint density at radius 2 is 1.75 bits per heavy atom. The van der Waals surface area contributed by atoms with Gasteiger partial charge in [-0.25, -0.2) is 9.80 Å². The number of anilines is 1. The van der Waals surface area contributed by atoms with Crippen molar-refractivity contribution in [1.29, 1.82) is 0 Å². The maximum Gasteiger partial charge on any atom is 0.411 e. The zero-order chi connectivity index (χ0) is 28.6. The Morgan fingerprint density at radius 1 is 1.02 bits per heavy atom. The summed E-state index contributed by atoms with van der Waals surface area (Å²) < 4.78 is 17.4. The van der Waals surface area contributed by atoms with Gasteiger partial charge < -0.3 is 14.2 Å². The summed E-state index contributed by atoms with van der Waals surface area (Å²) in [5.74, 6) is 2.61. The molecule has 0 aliphatic heterocycles. The van der Waals surface area contributed by atoms with E-state index in [0.29, 0.717) is 40.5 Å². The second-order valence-corrected chi connectivity index (χ2v) is 11.4. The molecule has 2 saturated carbocycles. The molecule has 0 aromatic heterocycles. The van der Waals surface area contributed by atoms with Crippen molar-refractivity contribution in [2.75, 3.05) is 19.5 Å². The lowest BCUT2D eigenvalue weighted by molar-refractivity contribution is 0.0246. The molecule has 8 nitrogen and oxygen atoms in total. The number of hydrogen-bond donors (Lipinski definition) is 1. The Labute approximate surface area is 238 Å². The van der Waals surface area contributed by atoms with Crippen LogP contribution in [0.5, 0.6) is 11.5 Å². The van der Waals surface area contributed by atoms with Gasteiger partial charge in [0.25, 0.3) is 5.91 Å². The van der Waals surface area contributed by atoms with Crippen LogP contribution in [0.15, 0.2) is 47.6 Å². The van der Waals surface area contributed by atoms with E-state index >= 15 is 0 Å². The number of ether oxygens (including phenoxy) is 3. The van der Waals surface area contributed by atoms with Gasteiger partial charge in [0, 0.05) is 18.3 Å². The number of amides is 2. The molecule has 216 valence electrons. The van der Waals surface area contributed by atoms with Crippen LogP contribution in [0.1, 0.15) is 81.6 Å². The van der Waals surface area contributed by atoms with Crippen LogP contribution in [0.2, 0.25) is 0 Å². The first-order valence-corrected chi connectivity index (χ1v) is 14.5.